The number of nitrogens with zero attached hydrogens (tertiary/aromatic N) is 1. The predicted molar refractivity (Wildman–Crippen MR) is 63.2 cm³/mol. The van der Waals surface area contributed by atoms with Gasteiger partial charge in [-0.1, -0.05) is 0 Å². The van der Waals surface area contributed by atoms with Crippen molar-refractivity contribution in [1.82, 2.24) is 9.62 Å². The summed E-state index contributed by atoms with van der Waals surface area (Å²) >= 11 is 0. The van der Waals surface area contributed by atoms with Gasteiger partial charge in [0.15, 0.2) is 0 Å². The normalized spacial score (nSPS) is 12.7. The fraction of sp³-hybridized carbons (Fsp3) is 1.00. The van der Waals surface area contributed by atoms with Gasteiger partial charge in [-0.25, -0.2) is 13.1 Å². The van der Waals surface area contributed by atoms with Crippen LogP contribution in [0.3, 0.4) is 0 Å². The number of hydrogen-bond donors (Lipinski definition) is 2. The van der Waals surface area contributed by atoms with Crippen molar-refractivity contribution in [3.05, 3.63) is 0 Å². The molecule has 0 atom stereocenters. The van der Waals surface area contributed by atoms with Gasteiger partial charge in [0.05, 0.1) is 5.75 Å². The van der Waals surface area contributed by atoms with E-state index in [1.165, 1.54) is 0 Å². The van der Waals surface area contributed by atoms with Crippen LogP contribution in [-0.4, -0.2) is 51.8 Å². The van der Waals surface area contributed by atoms with Gasteiger partial charge in [0.1, 0.15) is 0 Å². The van der Waals surface area contributed by atoms with E-state index in [2.05, 4.69) is 23.5 Å². The molecule has 0 unspecified atom stereocenters. The van der Waals surface area contributed by atoms with E-state index in [0.717, 1.165) is 13.0 Å². The zero-order chi connectivity index (χ0) is 11.9. The molecule has 0 aromatic rings. The maximum absolute atomic E-state index is 11.2. The summed E-state index contributed by atoms with van der Waals surface area (Å²) in [5.74, 6) is 0.00696. The monoisotopic (exact) mass is 237 g/mol. The maximum Gasteiger partial charge on any atom is 0.212 e. The molecule has 0 radical (unpaired) electrons. The van der Waals surface area contributed by atoms with E-state index in [0.29, 0.717) is 12.6 Å². The van der Waals surface area contributed by atoms with Gasteiger partial charge in [-0.3, -0.25) is 0 Å². The highest BCUT2D eigenvalue weighted by Gasteiger charge is 2.08. The predicted octanol–water partition coefficient (Wildman–Crippen LogP) is -0.405. The molecule has 15 heavy (non-hydrogen) atoms. The van der Waals surface area contributed by atoms with Gasteiger partial charge in [0.25, 0.3) is 0 Å². The molecule has 6 heteroatoms. The van der Waals surface area contributed by atoms with E-state index in [1.807, 2.05) is 7.05 Å². The Morgan fingerprint density at radius 1 is 1.40 bits per heavy atom. The lowest BCUT2D eigenvalue weighted by Crippen LogP contribution is -2.33. The summed E-state index contributed by atoms with van der Waals surface area (Å²) in [6.45, 7) is 5.76. The fourth-order valence-electron chi connectivity index (χ4n) is 1.04. The van der Waals surface area contributed by atoms with Crippen molar-refractivity contribution >= 4 is 10.0 Å². The summed E-state index contributed by atoms with van der Waals surface area (Å²) < 4.78 is 24.9. The third kappa shape index (κ3) is 7.72. The average molecular weight is 237 g/mol. The van der Waals surface area contributed by atoms with Crippen molar-refractivity contribution in [2.75, 3.05) is 32.4 Å². The van der Waals surface area contributed by atoms with Crippen LogP contribution >= 0.6 is 0 Å². The summed E-state index contributed by atoms with van der Waals surface area (Å²) in [6.07, 6.45) is 0.818. The van der Waals surface area contributed by atoms with Gasteiger partial charge in [-0.05, 0) is 33.9 Å². The SMILES string of the molecule is CC(C)N(C)CCCNS(=O)(=O)CCN. The Morgan fingerprint density at radius 3 is 2.47 bits per heavy atom. The molecule has 0 rings (SSSR count). The zero-order valence-corrected chi connectivity index (χ0v) is 10.7. The lowest BCUT2D eigenvalue weighted by molar-refractivity contribution is 0.271. The summed E-state index contributed by atoms with van der Waals surface area (Å²) in [5.41, 5.74) is 5.18. The van der Waals surface area contributed by atoms with Crippen LogP contribution in [-0.2, 0) is 10.0 Å². The fourth-order valence-corrected chi connectivity index (χ4v) is 1.95. The molecule has 3 N–H and O–H groups in total. The Labute approximate surface area is 93.1 Å². The maximum atomic E-state index is 11.2. The molecule has 0 fully saturated rings. The van der Waals surface area contributed by atoms with E-state index in [1.54, 1.807) is 0 Å². The molecule has 0 aliphatic heterocycles. The van der Waals surface area contributed by atoms with Gasteiger partial charge < -0.3 is 10.6 Å². The highest BCUT2D eigenvalue weighted by molar-refractivity contribution is 7.89. The zero-order valence-electron chi connectivity index (χ0n) is 9.86. The quantitative estimate of drug-likeness (QED) is 0.563. The average Bonchev–Trinajstić information content (AvgIpc) is 2.11. The number of rotatable bonds is 8. The van der Waals surface area contributed by atoms with Crippen LogP contribution in [0.25, 0.3) is 0 Å². The molecular weight excluding hydrogens is 214 g/mol. The van der Waals surface area contributed by atoms with Crippen LogP contribution in [0.2, 0.25) is 0 Å². The Bertz CT molecular complexity index is 252. The smallest absolute Gasteiger partial charge is 0.212 e. The molecule has 0 aromatic carbocycles. The third-order valence-corrected chi connectivity index (χ3v) is 3.69. The van der Waals surface area contributed by atoms with Gasteiger partial charge in [-0.2, -0.15) is 0 Å². The first-order valence-electron chi connectivity index (χ1n) is 5.26. The van der Waals surface area contributed by atoms with Crippen LogP contribution < -0.4 is 10.5 Å². The van der Waals surface area contributed by atoms with Crippen molar-refractivity contribution in [2.45, 2.75) is 26.3 Å². The molecular formula is C9H23N3O2S. The van der Waals surface area contributed by atoms with Crippen molar-refractivity contribution in [2.24, 2.45) is 5.73 Å². The summed E-state index contributed by atoms with van der Waals surface area (Å²) in [4.78, 5) is 2.18. The highest BCUT2D eigenvalue weighted by Crippen LogP contribution is 1.94. The van der Waals surface area contributed by atoms with Gasteiger partial charge in [0, 0.05) is 19.1 Å². The van der Waals surface area contributed by atoms with Gasteiger partial charge in [-0.15, -0.1) is 0 Å². The Morgan fingerprint density at radius 2 is 2.00 bits per heavy atom. The van der Waals surface area contributed by atoms with Gasteiger partial charge >= 0.3 is 0 Å². The van der Waals surface area contributed by atoms with E-state index in [9.17, 15) is 8.42 Å². The minimum Gasteiger partial charge on any atom is -0.329 e. The van der Waals surface area contributed by atoms with Crippen molar-refractivity contribution in [3.63, 3.8) is 0 Å². The van der Waals surface area contributed by atoms with Crippen LogP contribution in [0, 0.1) is 0 Å². The Hall–Kier alpha value is -0.170. The van der Waals surface area contributed by atoms with Gasteiger partial charge in [0.2, 0.25) is 10.0 Å². The second-order valence-electron chi connectivity index (χ2n) is 3.93. The second-order valence-corrected chi connectivity index (χ2v) is 5.86. The lowest BCUT2D eigenvalue weighted by atomic mass is 10.3. The van der Waals surface area contributed by atoms with E-state index >= 15 is 0 Å². The first-order chi connectivity index (χ1) is 6.89. The minimum atomic E-state index is -3.14. The number of hydrogen-bond acceptors (Lipinski definition) is 4. The molecule has 0 aliphatic rings. The van der Waals surface area contributed by atoms with Crippen LogP contribution in [0.5, 0.6) is 0 Å². The molecule has 0 saturated carbocycles. The van der Waals surface area contributed by atoms with Crippen LogP contribution in [0.4, 0.5) is 0 Å². The molecule has 5 nitrogen and oxygen atoms in total. The molecule has 0 aromatic heterocycles. The van der Waals surface area contributed by atoms with Crippen LogP contribution in [0.15, 0.2) is 0 Å². The van der Waals surface area contributed by atoms with E-state index < -0.39 is 10.0 Å². The standard InChI is InChI=1S/C9H23N3O2S/c1-9(2)12(3)7-4-6-11-15(13,14)8-5-10/h9,11H,4-8,10H2,1-3H3. The highest BCUT2D eigenvalue weighted by atomic mass is 32.2. The van der Waals surface area contributed by atoms with E-state index in [4.69, 9.17) is 5.73 Å². The van der Waals surface area contributed by atoms with Crippen molar-refractivity contribution < 1.29 is 8.42 Å². The number of sulfonamides is 1. The van der Waals surface area contributed by atoms with Crippen LogP contribution in [0.1, 0.15) is 20.3 Å². The number of nitrogens with two attached hydrogens (primary N) is 1. The third-order valence-electron chi connectivity index (χ3n) is 2.28. The number of nitrogens with one attached hydrogen (secondary N) is 1. The molecule has 0 aliphatic carbocycles. The Balaban J connectivity index is 3.63. The summed E-state index contributed by atoms with van der Waals surface area (Å²) in [5, 5.41) is 0. The molecule has 0 heterocycles. The summed E-state index contributed by atoms with van der Waals surface area (Å²) in [6, 6.07) is 0.491. The first kappa shape index (κ1) is 14.8. The van der Waals surface area contributed by atoms with E-state index in [-0.39, 0.29) is 12.3 Å². The molecule has 0 bridgehead atoms. The lowest BCUT2D eigenvalue weighted by Gasteiger charge is -2.20. The molecule has 0 saturated heterocycles. The minimum absolute atomic E-state index is 0.00696. The summed E-state index contributed by atoms with van der Waals surface area (Å²) in [7, 11) is -1.12. The largest absolute Gasteiger partial charge is 0.329 e. The second kappa shape index (κ2) is 7.16. The molecule has 0 spiro atoms. The Kier molecular flexibility index (Phi) is 7.08. The molecule has 92 valence electrons. The topological polar surface area (TPSA) is 75.4 Å². The van der Waals surface area contributed by atoms with Crippen molar-refractivity contribution in [3.8, 4) is 0 Å². The first-order valence-corrected chi connectivity index (χ1v) is 6.92. The molecule has 0 amide bonds. The van der Waals surface area contributed by atoms with Crippen molar-refractivity contribution in [1.29, 1.82) is 0 Å².